The van der Waals surface area contributed by atoms with Gasteiger partial charge < -0.3 is 5.11 Å². The standard InChI is InChI=1S/C15H19NO4/c17-13-11-6-1-2-7-12(11)14(18)16(13)10-5-3-4-9(8-10)15(19)20/h9-10H,1-8H2,(H,19,20). The predicted octanol–water partition coefficient (Wildman–Crippen LogP) is 1.87. The van der Waals surface area contributed by atoms with E-state index in [1.165, 1.54) is 4.90 Å². The number of amides is 2. The van der Waals surface area contributed by atoms with Gasteiger partial charge in [0.1, 0.15) is 0 Å². The maximum Gasteiger partial charge on any atom is 0.306 e. The Hall–Kier alpha value is -1.65. The van der Waals surface area contributed by atoms with Crippen LogP contribution >= 0.6 is 0 Å². The first kappa shape index (κ1) is 13.3. The van der Waals surface area contributed by atoms with E-state index in [1.54, 1.807) is 0 Å². The Bertz CT molecular complexity index is 480. The first-order valence-electron chi connectivity index (χ1n) is 7.42. The highest BCUT2D eigenvalue weighted by Crippen LogP contribution is 2.37. The molecule has 1 fully saturated rings. The Labute approximate surface area is 117 Å². The molecule has 108 valence electrons. The lowest BCUT2D eigenvalue weighted by Gasteiger charge is -2.32. The summed E-state index contributed by atoms with van der Waals surface area (Å²) in [5, 5.41) is 9.14. The van der Waals surface area contributed by atoms with Crippen LogP contribution in [0.2, 0.25) is 0 Å². The summed E-state index contributed by atoms with van der Waals surface area (Å²) in [6.07, 6.45) is 5.90. The van der Waals surface area contributed by atoms with E-state index in [9.17, 15) is 14.4 Å². The average Bonchev–Trinajstić information content (AvgIpc) is 2.72. The molecule has 5 nitrogen and oxygen atoms in total. The number of carbonyl (C=O) groups is 3. The zero-order chi connectivity index (χ0) is 14.3. The molecule has 1 N–H and O–H groups in total. The number of carbonyl (C=O) groups excluding carboxylic acids is 2. The number of carboxylic acids is 1. The summed E-state index contributed by atoms with van der Waals surface area (Å²) in [5.74, 6) is -1.54. The van der Waals surface area contributed by atoms with Crippen LogP contribution in [0, 0.1) is 5.92 Å². The van der Waals surface area contributed by atoms with Crippen LogP contribution in [0.4, 0.5) is 0 Å². The average molecular weight is 277 g/mol. The molecule has 0 radical (unpaired) electrons. The van der Waals surface area contributed by atoms with Crippen LogP contribution in [-0.4, -0.2) is 33.8 Å². The normalized spacial score (nSPS) is 30.7. The first-order valence-corrected chi connectivity index (χ1v) is 7.42. The van der Waals surface area contributed by atoms with Crippen LogP contribution in [0.3, 0.4) is 0 Å². The van der Waals surface area contributed by atoms with Crippen molar-refractivity contribution in [1.82, 2.24) is 4.90 Å². The number of hydrogen-bond donors (Lipinski definition) is 1. The molecule has 0 saturated heterocycles. The summed E-state index contributed by atoms with van der Waals surface area (Å²) in [7, 11) is 0. The van der Waals surface area contributed by atoms with Gasteiger partial charge >= 0.3 is 5.97 Å². The fraction of sp³-hybridized carbons (Fsp3) is 0.667. The van der Waals surface area contributed by atoms with Gasteiger partial charge in [0.05, 0.1) is 5.92 Å². The molecule has 5 heteroatoms. The Morgan fingerprint density at radius 2 is 1.60 bits per heavy atom. The largest absolute Gasteiger partial charge is 0.481 e. The molecule has 0 aromatic carbocycles. The molecule has 2 amide bonds. The molecule has 0 aromatic rings. The van der Waals surface area contributed by atoms with Gasteiger partial charge in [-0.05, 0) is 44.9 Å². The molecule has 0 spiro atoms. The third-order valence-electron chi connectivity index (χ3n) is 4.78. The first-order chi connectivity index (χ1) is 9.59. The second-order valence-corrected chi connectivity index (χ2v) is 6.00. The number of aliphatic carboxylic acids is 1. The van der Waals surface area contributed by atoms with E-state index >= 15 is 0 Å². The fourth-order valence-electron chi connectivity index (χ4n) is 3.71. The second kappa shape index (κ2) is 5.04. The molecular formula is C15H19NO4. The predicted molar refractivity (Wildman–Crippen MR) is 70.7 cm³/mol. The number of rotatable bonds is 2. The molecule has 0 bridgehead atoms. The summed E-state index contributed by atoms with van der Waals surface area (Å²) in [4.78, 5) is 37.3. The molecule has 1 saturated carbocycles. The molecule has 2 unspecified atom stereocenters. The molecule has 1 heterocycles. The van der Waals surface area contributed by atoms with Crippen molar-refractivity contribution in [2.24, 2.45) is 5.92 Å². The van der Waals surface area contributed by atoms with Crippen molar-refractivity contribution in [2.75, 3.05) is 0 Å². The zero-order valence-electron chi connectivity index (χ0n) is 11.4. The second-order valence-electron chi connectivity index (χ2n) is 6.00. The molecule has 3 aliphatic rings. The lowest BCUT2D eigenvalue weighted by atomic mass is 9.85. The Morgan fingerprint density at radius 3 is 2.15 bits per heavy atom. The smallest absolute Gasteiger partial charge is 0.306 e. The van der Waals surface area contributed by atoms with Crippen LogP contribution in [0.1, 0.15) is 51.4 Å². The van der Waals surface area contributed by atoms with Gasteiger partial charge in [0, 0.05) is 17.2 Å². The van der Waals surface area contributed by atoms with Crippen molar-refractivity contribution in [3.05, 3.63) is 11.1 Å². The van der Waals surface area contributed by atoms with Gasteiger partial charge in [-0.1, -0.05) is 6.42 Å². The number of imide groups is 1. The molecule has 3 rings (SSSR count). The third kappa shape index (κ3) is 2.05. The molecular weight excluding hydrogens is 258 g/mol. The third-order valence-corrected chi connectivity index (χ3v) is 4.78. The van der Waals surface area contributed by atoms with Gasteiger partial charge in [-0.25, -0.2) is 0 Å². The molecule has 20 heavy (non-hydrogen) atoms. The van der Waals surface area contributed by atoms with Crippen LogP contribution < -0.4 is 0 Å². The van der Waals surface area contributed by atoms with Gasteiger partial charge in [0.15, 0.2) is 0 Å². The number of nitrogens with zero attached hydrogens (tertiary/aromatic N) is 1. The summed E-state index contributed by atoms with van der Waals surface area (Å²) in [5.41, 5.74) is 1.39. The van der Waals surface area contributed by atoms with Crippen molar-refractivity contribution >= 4 is 17.8 Å². The van der Waals surface area contributed by atoms with Crippen LogP contribution in [0.25, 0.3) is 0 Å². The summed E-state index contributed by atoms with van der Waals surface area (Å²) in [6.45, 7) is 0. The van der Waals surface area contributed by atoms with E-state index in [4.69, 9.17) is 5.11 Å². The van der Waals surface area contributed by atoms with Gasteiger partial charge in [-0.15, -0.1) is 0 Å². The van der Waals surface area contributed by atoms with E-state index < -0.39 is 11.9 Å². The van der Waals surface area contributed by atoms with E-state index in [2.05, 4.69) is 0 Å². The Kier molecular flexibility index (Phi) is 3.36. The lowest BCUT2D eigenvalue weighted by Crippen LogP contribution is -2.44. The highest BCUT2D eigenvalue weighted by molar-refractivity contribution is 6.19. The Morgan fingerprint density at radius 1 is 1.00 bits per heavy atom. The van der Waals surface area contributed by atoms with Gasteiger partial charge in [-0.2, -0.15) is 0 Å². The molecule has 1 aliphatic heterocycles. The fourth-order valence-corrected chi connectivity index (χ4v) is 3.71. The zero-order valence-corrected chi connectivity index (χ0v) is 11.4. The van der Waals surface area contributed by atoms with Crippen molar-refractivity contribution in [3.63, 3.8) is 0 Å². The highest BCUT2D eigenvalue weighted by atomic mass is 16.4. The summed E-state index contributed by atoms with van der Waals surface area (Å²) in [6, 6.07) is -0.226. The monoisotopic (exact) mass is 277 g/mol. The van der Waals surface area contributed by atoms with Crippen molar-refractivity contribution in [2.45, 2.75) is 57.4 Å². The van der Waals surface area contributed by atoms with Gasteiger partial charge in [0.2, 0.25) is 0 Å². The van der Waals surface area contributed by atoms with Crippen LogP contribution in [0.5, 0.6) is 0 Å². The quantitative estimate of drug-likeness (QED) is 0.782. The van der Waals surface area contributed by atoms with Crippen molar-refractivity contribution < 1.29 is 19.5 Å². The minimum absolute atomic E-state index is 0.152. The minimum atomic E-state index is -0.813. The number of hydrogen-bond acceptors (Lipinski definition) is 3. The maximum atomic E-state index is 12.4. The minimum Gasteiger partial charge on any atom is -0.481 e. The van der Waals surface area contributed by atoms with Crippen LogP contribution in [0.15, 0.2) is 11.1 Å². The topological polar surface area (TPSA) is 74.7 Å². The van der Waals surface area contributed by atoms with Gasteiger partial charge in [0.25, 0.3) is 11.8 Å². The molecule has 2 atom stereocenters. The number of carboxylic acid groups (broad SMARTS) is 1. The summed E-state index contributed by atoms with van der Waals surface area (Å²) < 4.78 is 0. The SMILES string of the molecule is O=C(O)C1CCCC(N2C(=O)C3=C(CCCC3)C2=O)C1. The Balaban J connectivity index is 1.80. The lowest BCUT2D eigenvalue weighted by molar-refractivity contribution is -0.148. The van der Waals surface area contributed by atoms with Crippen LogP contribution in [-0.2, 0) is 14.4 Å². The summed E-state index contributed by atoms with van der Waals surface area (Å²) >= 11 is 0. The van der Waals surface area contributed by atoms with E-state index in [1.807, 2.05) is 0 Å². The van der Waals surface area contributed by atoms with E-state index in [0.717, 1.165) is 25.7 Å². The molecule has 2 aliphatic carbocycles. The van der Waals surface area contributed by atoms with Gasteiger partial charge in [-0.3, -0.25) is 19.3 Å². The van der Waals surface area contributed by atoms with Crippen molar-refractivity contribution in [3.8, 4) is 0 Å². The maximum absolute atomic E-state index is 12.4. The van der Waals surface area contributed by atoms with Crippen molar-refractivity contribution in [1.29, 1.82) is 0 Å². The molecule has 0 aromatic heterocycles. The van der Waals surface area contributed by atoms with E-state index in [0.29, 0.717) is 36.8 Å². The van der Waals surface area contributed by atoms with E-state index in [-0.39, 0.29) is 17.9 Å². The highest BCUT2D eigenvalue weighted by Gasteiger charge is 2.44.